The third kappa shape index (κ3) is 4.64. The molecule has 0 bridgehead atoms. The summed E-state index contributed by atoms with van der Waals surface area (Å²) in [5.74, 6) is -0.236. The number of aryl methyl sites for hydroxylation is 1. The second-order valence-corrected chi connectivity index (χ2v) is 6.37. The van der Waals surface area contributed by atoms with E-state index in [4.69, 9.17) is 0 Å². The molecule has 1 aliphatic rings. The van der Waals surface area contributed by atoms with Crippen LogP contribution in [-0.4, -0.2) is 57.0 Å². The SMILES string of the molecule is O=C(NC1CCN(C(=O)CCc2cccnc2)CC1O)c1ccncc1. The Morgan fingerprint density at radius 3 is 2.69 bits per heavy atom. The number of likely N-dealkylation sites (tertiary alicyclic amines) is 1. The van der Waals surface area contributed by atoms with Gasteiger partial charge in [0.2, 0.25) is 5.91 Å². The quantitative estimate of drug-likeness (QED) is 0.828. The van der Waals surface area contributed by atoms with Gasteiger partial charge in [-0.25, -0.2) is 0 Å². The topological polar surface area (TPSA) is 95.4 Å². The van der Waals surface area contributed by atoms with E-state index in [2.05, 4.69) is 15.3 Å². The Labute approximate surface area is 152 Å². The lowest BCUT2D eigenvalue weighted by molar-refractivity contribution is -0.134. The van der Waals surface area contributed by atoms with Crippen LogP contribution < -0.4 is 5.32 Å². The first-order valence-corrected chi connectivity index (χ1v) is 8.69. The molecule has 0 aromatic carbocycles. The molecule has 0 aliphatic carbocycles. The van der Waals surface area contributed by atoms with Crippen LogP contribution in [0.25, 0.3) is 0 Å². The molecule has 3 rings (SSSR count). The van der Waals surface area contributed by atoms with Gasteiger partial charge in [0.05, 0.1) is 12.1 Å². The second kappa shape index (κ2) is 8.53. The van der Waals surface area contributed by atoms with Crippen LogP contribution in [-0.2, 0) is 11.2 Å². The summed E-state index contributed by atoms with van der Waals surface area (Å²) in [6, 6.07) is 6.67. The van der Waals surface area contributed by atoms with Crippen LogP contribution in [0.15, 0.2) is 49.1 Å². The fourth-order valence-electron chi connectivity index (χ4n) is 3.04. The fraction of sp³-hybridized carbons (Fsp3) is 0.368. The monoisotopic (exact) mass is 354 g/mol. The zero-order chi connectivity index (χ0) is 18.4. The maximum atomic E-state index is 12.4. The zero-order valence-corrected chi connectivity index (χ0v) is 14.4. The second-order valence-electron chi connectivity index (χ2n) is 6.37. The first kappa shape index (κ1) is 18.0. The summed E-state index contributed by atoms with van der Waals surface area (Å²) in [5.41, 5.74) is 1.52. The van der Waals surface area contributed by atoms with E-state index >= 15 is 0 Å². The highest BCUT2D eigenvalue weighted by Gasteiger charge is 2.31. The molecule has 2 atom stereocenters. The van der Waals surface area contributed by atoms with E-state index in [0.717, 1.165) is 5.56 Å². The lowest BCUT2D eigenvalue weighted by atomic mass is 10.0. The van der Waals surface area contributed by atoms with Crippen LogP contribution in [0.5, 0.6) is 0 Å². The van der Waals surface area contributed by atoms with Gasteiger partial charge in [0.15, 0.2) is 0 Å². The molecule has 1 saturated heterocycles. The highest BCUT2D eigenvalue weighted by atomic mass is 16.3. The Morgan fingerprint density at radius 1 is 1.19 bits per heavy atom. The first-order valence-electron chi connectivity index (χ1n) is 8.69. The molecule has 1 aliphatic heterocycles. The van der Waals surface area contributed by atoms with Gasteiger partial charge in [-0.05, 0) is 36.6 Å². The number of aliphatic hydroxyl groups is 1. The van der Waals surface area contributed by atoms with Crippen molar-refractivity contribution in [3.05, 3.63) is 60.2 Å². The van der Waals surface area contributed by atoms with Crippen molar-refractivity contribution >= 4 is 11.8 Å². The summed E-state index contributed by atoms with van der Waals surface area (Å²) in [6.45, 7) is 0.747. The van der Waals surface area contributed by atoms with Crippen LogP contribution in [0.3, 0.4) is 0 Å². The van der Waals surface area contributed by atoms with Crippen molar-refractivity contribution in [2.45, 2.75) is 31.4 Å². The van der Waals surface area contributed by atoms with Gasteiger partial charge in [-0.15, -0.1) is 0 Å². The molecule has 136 valence electrons. The van der Waals surface area contributed by atoms with Crippen LogP contribution >= 0.6 is 0 Å². The molecule has 26 heavy (non-hydrogen) atoms. The molecular weight excluding hydrogens is 332 g/mol. The van der Waals surface area contributed by atoms with Gasteiger partial charge in [0, 0.05) is 49.9 Å². The van der Waals surface area contributed by atoms with E-state index in [-0.39, 0.29) is 24.4 Å². The third-order valence-corrected chi connectivity index (χ3v) is 4.54. The number of pyridine rings is 2. The van der Waals surface area contributed by atoms with E-state index in [1.54, 1.807) is 41.8 Å². The lowest BCUT2D eigenvalue weighted by Crippen LogP contribution is -2.55. The van der Waals surface area contributed by atoms with Crippen molar-refractivity contribution in [1.29, 1.82) is 0 Å². The minimum Gasteiger partial charge on any atom is -0.389 e. The Balaban J connectivity index is 1.48. The van der Waals surface area contributed by atoms with Crippen molar-refractivity contribution in [1.82, 2.24) is 20.2 Å². The Kier molecular flexibility index (Phi) is 5.91. The highest BCUT2D eigenvalue weighted by molar-refractivity contribution is 5.94. The minimum atomic E-state index is -0.781. The highest BCUT2D eigenvalue weighted by Crippen LogP contribution is 2.14. The summed E-state index contributed by atoms with van der Waals surface area (Å²) >= 11 is 0. The summed E-state index contributed by atoms with van der Waals surface area (Å²) < 4.78 is 0. The maximum Gasteiger partial charge on any atom is 0.251 e. The number of nitrogens with zero attached hydrogens (tertiary/aromatic N) is 3. The summed E-state index contributed by atoms with van der Waals surface area (Å²) in [5, 5.41) is 13.2. The van der Waals surface area contributed by atoms with E-state index in [0.29, 0.717) is 31.4 Å². The van der Waals surface area contributed by atoms with E-state index < -0.39 is 6.10 Å². The normalized spacial score (nSPS) is 19.8. The number of β-amino-alcohol motifs (C(OH)–C–C–N with tert-alkyl or cyclic N) is 1. The number of piperidine rings is 1. The van der Waals surface area contributed by atoms with E-state index in [1.165, 1.54) is 0 Å². The average Bonchev–Trinajstić information content (AvgIpc) is 2.69. The predicted molar refractivity (Wildman–Crippen MR) is 95.3 cm³/mol. The Bertz CT molecular complexity index is 739. The fourth-order valence-corrected chi connectivity index (χ4v) is 3.04. The molecule has 7 heteroatoms. The van der Waals surface area contributed by atoms with Gasteiger partial charge in [0.1, 0.15) is 0 Å². The molecule has 0 saturated carbocycles. The average molecular weight is 354 g/mol. The standard InChI is InChI=1S/C19H22N4O3/c24-17-13-23(18(25)4-3-14-2-1-8-21-12-14)11-7-16(17)22-19(26)15-5-9-20-10-6-15/h1-2,5-6,8-10,12,16-17,24H,3-4,7,11,13H2,(H,22,26). The summed E-state index contributed by atoms with van der Waals surface area (Å²) in [4.78, 5) is 34.1. The minimum absolute atomic E-state index is 0.00631. The molecule has 2 aromatic rings. The van der Waals surface area contributed by atoms with Crippen LogP contribution in [0.4, 0.5) is 0 Å². The molecule has 3 heterocycles. The largest absolute Gasteiger partial charge is 0.389 e. The maximum absolute atomic E-state index is 12.4. The van der Waals surface area contributed by atoms with Crippen LogP contribution in [0.2, 0.25) is 0 Å². The lowest BCUT2D eigenvalue weighted by Gasteiger charge is -2.36. The molecule has 2 unspecified atom stereocenters. The number of hydrogen-bond donors (Lipinski definition) is 2. The molecule has 0 spiro atoms. The number of hydrogen-bond acceptors (Lipinski definition) is 5. The van der Waals surface area contributed by atoms with Gasteiger partial charge < -0.3 is 15.3 Å². The van der Waals surface area contributed by atoms with Gasteiger partial charge >= 0.3 is 0 Å². The van der Waals surface area contributed by atoms with Crippen LogP contribution in [0, 0.1) is 0 Å². The molecule has 2 aromatic heterocycles. The van der Waals surface area contributed by atoms with Crippen LogP contribution in [0.1, 0.15) is 28.8 Å². The van der Waals surface area contributed by atoms with Crippen molar-refractivity contribution in [3.8, 4) is 0 Å². The van der Waals surface area contributed by atoms with E-state index in [9.17, 15) is 14.7 Å². The number of aromatic nitrogens is 2. The summed E-state index contributed by atoms with van der Waals surface area (Å²) in [6.07, 6.45) is 7.31. The zero-order valence-electron chi connectivity index (χ0n) is 14.4. The number of aliphatic hydroxyl groups excluding tert-OH is 1. The molecular formula is C19H22N4O3. The third-order valence-electron chi connectivity index (χ3n) is 4.54. The van der Waals surface area contributed by atoms with Gasteiger partial charge in [0.25, 0.3) is 5.91 Å². The number of rotatable bonds is 5. The van der Waals surface area contributed by atoms with Crippen molar-refractivity contribution in [2.75, 3.05) is 13.1 Å². The van der Waals surface area contributed by atoms with Gasteiger partial charge in [-0.1, -0.05) is 6.07 Å². The van der Waals surface area contributed by atoms with Gasteiger partial charge in [-0.2, -0.15) is 0 Å². The predicted octanol–water partition coefficient (Wildman–Crippen LogP) is 0.801. The molecule has 7 nitrogen and oxygen atoms in total. The molecule has 2 N–H and O–H groups in total. The Morgan fingerprint density at radius 2 is 2.00 bits per heavy atom. The number of carbonyl (C=O) groups excluding carboxylic acids is 2. The molecule has 2 amide bonds. The number of carbonyl (C=O) groups is 2. The van der Waals surface area contributed by atoms with Crippen molar-refractivity contribution in [3.63, 3.8) is 0 Å². The van der Waals surface area contributed by atoms with Crippen molar-refractivity contribution < 1.29 is 14.7 Å². The van der Waals surface area contributed by atoms with E-state index in [1.807, 2.05) is 12.1 Å². The van der Waals surface area contributed by atoms with Gasteiger partial charge in [-0.3, -0.25) is 19.6 Å². The first-order chi connectivity index (χ1) is 12.6. The molecule has 0 radical (unpaired) electrons. The Hall–Kier alpha value is -2.80. The number of amides is 2. The number of nitrogens with one attached hydrogen (secondary N) is 1. The van der Waals surface area contributed by atoms with Crippen molar-refractivity contribution in [2.24, 2.45) is 0 Å². The summed E-state index contributed by atoms with van der Waals surface area (Å²) in [7, 11) is 0. The molecule has 1 fully saturated rings. The smallest absolute Gasteiger partial charge is 0.251 e.